The summed E-state index contributed by atoms with van der Waals surface area (Å²) >= 11 is 0. The number of aromatic nitrogens is 2. The average molecular weight is 456 g/mol. The fourth-order valence-electron chi connectivity index (χ4n) is 3.71. The van der Waals surface area contributed by atoms with Crippen LogP contribution in [-0.4, -0.2) is 39.0 Å². The number of carbonyl (C=O) groups is 2. The van der Waals surface area contributed by atoms with Gasteiger partial charge in [0.1, 0.15) is 6.54 Å². The number of halogens is 3. The van der Waals surface area contributed by atoms with Gasteiger partial charge in [-0.1, -0.05) is 40.2 Å². The molecule has 9 nitrogen and oxygen atoms in total. The summed E-state index contributed by atoms with van der Waals surface area (Å²) in [6, 6.07) is 9.49. The molecule has 3 aromatic rings. The zero-order valence-electron chi connectivity index (χ0n) is 17.0. The molecule has 0 saturated carbocycles. The fraction of sp³-hybridized carbons (Fsp3) is 0.238. The average Bonchev–Trinajstić information content (AvgIpc) is 3.47. The zero-order valence-corrected chi connectivity index (χ0v) is 17.0. The molecule has 0 bridgehead atoms. The highest BCUT2D eigenvalue weighted by Crippen LogP contribution is 2.34. The highest BCUT2D eigenvalue weighted by Gasteiger charge is 2.55. The van der Waals surface area contributed by atoms with Crippen LogP contribution >= 0.6 is 0 Å². The third-order valence-electron chi connectivity index (χ3n) is 5.36. The highest BCUT2D eigenvalue weighted by molar-refractivity contribution is 6.25. The lowest BCUT2D eigenvalue weighted by atomic mass is 10.1. The van der Waals surface area contributed by atoms with Gasteiger partial charge in [-0.25, -0.2) is 4.90 Å². The van der Waals surface area contributed by atoms with E-state index in [-0.39, 0.29) is 23.8 Å². The van der Waals surface area contributed by atoms with Crippen LogP contribution < -0.4 is 4.90 Å². The predicted octanol–water partition coefficient (Wildman–Crippen LogP) is 3.56. The van der Waals surface area contributed by atoms with E-state index in [0.29, 0.717) is 5.69 Å². The fourth-order valence-corrected chi connectivity index (χ4v) is 3.71. The molecule has 168 valence electrons. The maximum atomic E-state index is 13.0. The summed E-state index contributed by atoms with van der Waals surface area (Å²) in [5.74, 6) is -1.01. The second kappa shape index (κ2) is 7.50. The maximum Gasteiger partial charge on any atom is 0.416 e. The van der Waals surface area contributed by atoms with Crippen molar-refractivity contribution in [3.63, 3.8) is 0 Å². The summed E-state index contributed by atoms with van der Waals surface area (Å²) in [6.07, 6.45) is -4.51. The molecule has 2 aliphatic heterocycles. The molecule has 0 N–H and O–H groups in total. The third-order valence-corrected chi connectivity index (χ3v) is 5.36. The standard InChI is InChI=1S/C21H15F3N6O3/c1-11-5-7-14(8-6-11)30-19(31)16-17(20(30)32)29(28-26-16)10-15-25-18(27-33-15)12-3-2-4-13(9-12)21(22,23)24/h2-9,16-17H,10H2,1H3. The van der Waals surface area contributed by atoms with Crippen molar-refractivity contribution in [2.75, 3.05) is 4.90 Å². The monoisotopic (exact) mass is 456 g/mol. The molecule has 3 heterocycles. The molecule has 2 unspecified atom stereocenters. The number of fused-ring (bicyclic) bond motifs is 1. The Morgan fingerprint density at radius 1 is 1.06 bits per heavy atom. The first-order valence-electron chi connectivity index (χ1n) is 9.84. The topological polar surface area (TPSA) is 104 Å². The molecule has 2 amide bonds. The van der Waals surface area contributed by atoms with Crippen LogP contribution in [0, 0.1) is 6.92 Å². The summed E-state index contributed by atoms with van der Waals surface area (Å²) in [7, 11) is 0. The van der Waals surface area contributed by atoms with Gasteiger partial charge in [-0.3, -0.25) is 14.6 Å². The number of anilines is 1. The minimum atomic E-state index is -4.51. The lowest BCUT2D eigenvalue weighted by Gasteiger charge is -2.19. The molecule has 1 aromatic heterocycles. The van der Waals surface area contributed by atoms with E-state index in [1.807, 2.05) is 6.92 Å². The largest absolute Gasteiger partial charge is 0.416 e. The van der Waals surface area contributed by atoms with Crippen LogP contribution in [0.2, 0.25) is 0 Å². The smallest absolute Gasteiger partial charge is 0.337 e. The molecule has 2 atom stereocenters. The van der Waals surface area contributed by atoms with E-state index in [1.54, 1.807) is 24.3 Å². The summed E-state index contributed by atoms with van der Waals surface area (Å²) in [6.45, 7) is 1.75. The van der Waals surface area contributed by atoms with Crippen molar-refractivity contribution in [1.29, 1.82) is 0 Å². The molecule has 0 spiro atoms. The Balaban J connectivity index is 1.35. The van der Waals surface area contributed by atoms with Gasteiger partial charge in [0.05, 0.1) is 11.3 Å². The van der Waals surface area contributed by atoms with Crippen LogP contribution in [0.3, 0.4) is 0 Å². The third kappa shape index (κ3) is 3.62. The minimum absolute atomic E-state index is 0.0102. The van der Waals surface area contributed by atoms with Crippen molar-refractivity contribution in [1.82, 2.24) is 15.1 Å². The Morgan fingerprint density at radius 3 is 2.55 bits per heavy atom. The van der Waals surface area contributed by atoms with Crippen LogP contribution in [0.15, 0.2) is 63.4 Å². The van der Waals surface area contributed by atoms with Crippen molar-refractivity contribution in [2.24, 2.45) is 10.3 Å². The molecule has 2 aromatic carbocycles. The molecule has 0 aliphatic carbocycles. The first-order chi connectivity index (χ1) is 15.7. The minimum Gasteiger partial charge on any atom is -0.337 e. The Bertz CT molecular complexity index is 1270. The van der Waals surface area contributed by atoms with E-state index in [2.05, 4.69) is 20.5 Å². The van der Waals surface area contributed by atoms with Crippen molar-refractivity contribution in [2.45, 2.75) is 31.7 Å². The van der Waals surface area contributed by atoms with Gasteiger partial charge in [0.25, 0.3) is 11.8 Å². The van der Waals surface area contributed by atoms with E-state index in [9.17, 15) is 22.8 Å². The second-order valence-electron chi connectivity index (χ2n) is 7.63. The summed E-state index contributed by atoms with van der Waals surface area (Å²) in [4.78, 5) is 31.0. The Kier molecular flexibility index (Phi) is 4.73. The number of aryl methyl sites for hydroxylation is 1. The molecule has 1 saturated heterocycles. The SMILES string of the molecule is Cc1ccc(N2C(=O)C3N=NN(Cc4nc(-c5cccc(C(F)(F)F)c5)no4)C3C2=O)cc1. The molecular formula is C21H15F3N6O3. The number of imide groups is 1. The first kappa shape index (κ1) is 20.8. The molecular weight excluding hydrogens is 441 g/mol. The van der Waals surface area contributed by atoms with Crippen LogP contribution in [0.1, 0.15) is 17.0 Å². The number of benzene rings is 2. The van der Waals surface area contributed by atoms with Crippen LogP contribution in [0.25, 0.3) is 11.4 Å². The number of nitrogens with zero attached hydrogens (tertiary/aromatic N) is 6. The number of hydrogen-bond donors (Lipinski definition) is 0. The predicted molar refractivity (Wildman–Crippen MR) is 106 cm³/mol. The molecule has 33 heavy (non-hydrogen) atoms. The normalized spacial score (nSPS) is 20.1. The second-order valence-corrected chi connectivity index (χ2v) is 7.63. The Labute approximate surface area is 184 Å². The Hall–Kier alpha value is -4.09. The first-order valence-corrected chi connectivity index (χ1v) is 9.84. The van der Waals surface area contributed by atoms with Gasteiger partial charge in [-0.2, -0.15) is 23.3 Å². The summed E-state index contributed by atoms with van der Waals surface area (Å²) in [5, 5.41) is 12.8. The molecule has 2 aliphatic rings. The van der Waals surface area contributed by atoms with Gasteiger partial charge in [0.15, 0.2) is 12.1 Å². The van der Waals surface area contributed by atoms with Gasteiger partial charge in [-0.15, -0.1) is 0 Å². The lowest BCUT2D eigenvalue weighted by Crippen LogP contribution is -2.39. The van der Waals surface area contributed by atoms with Crippen LogP contribution in [-0.2, 0) is 22.3 Å². The van der Waals surface area contributed by atoms with Gasteiger partial charge in [0, 0.05) is 5.56 Å². The van der Waals surface area contributed by atoms with E-state index in [1.165, 1.54) is 17.1 Å². The lowest BCUT2D eigenvalue weighted by molar-refractivity contribution is -0.137. The number of rotatable bonds is 4. The van der Waals surface area contributed by atoms with Crippen molar-refractivity contribution in [3.05, 3.63) is 65.5 Å². The van der Waals surface area contributed by atoms with Crippen LogP contribution in [0.5, 0.6) is 0 Å². The highest BCUT2D eigenvalue weighted by atomic mass is 19.4. The van der Waals surface area contributed by atoms with Gasteiger partial charge >= 0.3 is 6.18 Å². The molecule has 1 fully saturated rings. The molecule has 12 heteroatoms. The van der Waals surface area contributed by atoms with Crippen LogP contribution in [0.4, 0.5) is 18.9 Å². The number of alkyl halides is 3. The maximum absolute atomic E-state index is 13.0. The summed E-state index contributed by atoms with van der Waals surface area (Å²) in [5.41, 5.74) is 0.698. The molecule has 5 rings (SSSR count). The zero-order chi connectivity index (χ0) is 23.3. The van der Waals surface area contributed by atoms with Crippen molar-refractivity contribution < 1.29 is 27.3 Å². The quantitative estimate of drug-likeness (QED) is 0.556. The number of amides is 2. The van der Waals surface area contributed by atoms with E-state index >= 15 is 0 Å². The van der Waals surface area contributed by atoms with Gasteiger partial charge in [0.2, 0.25) is 11.7 Å². The van der Waals surface area contributed by atoms with Gasteiger partial charge < -0.3 is 4.52 Å². The van der Waals surface area contributed by atoms with E-state index in [4.69, 9.17) is 4.52 Å². The van der Waals surface area contributed by atoms with E-state index < -0.39 is 35.6 Å². The number of carbonyl (C=O) groups excluding carboxylic acids is 2. The Morgan fingerprint density at radius 2 is 1.82 bits per heavy atom. The van der Waals surface area contributed by atoms with Gasteiger partial charge in [-0.05, 0) is 31.2 Å². The molecule has 0 radical (unpaired) electrons. The van der Waals surface area contributed by atoms with Crippen molar-refractivity contribution >= 4 is 17.5 Å². The van der Waals surface area contributed by atoms with E-state index in [0.717, 1.165) is 22.6 Å². The van der Waals surface area contributed by atoms with Crippen molar-refractivity contribution in [3.8, 4) is 11.4 Å². The summed E-state index contributed by atoms with van der Waals surface area (Å²) < 4.78 is 44.1. The number of hydrogen-bond acceptors (Lipinski definition) is 8.